The van der Waals surface area contributed by atoms with Crippen molar-refractivity contribution in [1.29, 1.82) is 0 Å². The zero-order valence-electron chi connectivity index (χ0n) is 16.8. The molecule has 0 bridgehead atoms. The topological polar surface area (TPSA) is 61.9 Å². The lowest BCUT2D eigenvalue weighted by molar-refractivity contribution is -0.122. The van der Waals surface area contributed by atoms with Crippen molar-refractivity contribution in [2.24, 2.45) is 0 Å². The third-order valence-electron chi connectivity index (χ3n) is 5.11. The Kier molecular flexibility index (Phi) is 6.82. The van der Waals surface area contributed by atoms with Crippen molar-refractivity contribution in [2.75, 3.05) is 39.8 Å². The van der Waals surface area contributed by atoms with Gasteiger partial charge >= 0.3 is 0 Å². The minimum Gasteiger partial charge on any atom is -0.496 e. The number of amides is 2. The molecule has 7 heteroatoms. The fourth-order valence-electron chi connectivity index (χ4n) is 3.32. The molecule has 1 saturated heterocycles. The summed E-state index contributed by atoms with van der Waals surface area (Å²) in [5, 5.41) is 2.91. The molecule has 0 saturated carbocycles. The van der Waals surface area contributed by atoms with Crippen LogP contribution in [-0.4, -0.2) is 61.4 Å². The molecule has 0 spiro atoms. The number of nitrogens with one attached hydrogen (secondary N) is 1. The van der Waals surface area contributed by atoms with Crippen LogP contribution in [-0.2, 0) is 11.3 Å². The Bertz CT molecular complexity index is 879. The molecule has 6 nitrogen and oxygen atoms in total. The largest absolute Gasteiger partial charge is 0.496 e. The summed E-state index contributed by atoms with van der Waals surface area (Å²) in [5.41, 5.74) is 1.80. The van der Waals surface area contributed by atoms with E-state index in [1.54, 1.807) is 31.1 Å². The van der Waals surface area contributed by atoms with Crippen LogP contribution in [0.2, 0.25) is 0 Å². The molecule has 1 N–H and O–H groups in total. The predicted molar refractivity (Wildman–Crippen MR) is 108 cm³/mol. The zero-order valence-corrected chi connectivity index (χ0v) is 16.8. The van der Waals surface area contributed by atoms with Crippen LogP contribution in [0.4, 0.5) is 4.39 Å². The molecule has 1 aliphatic heterocycles. The smallest absolute Gasteiger partial charge is 0.254 e. The van der Waals surface area contributed by atoms with Crippen molar-refractivity contribution < 1.29 is 18.7 Å². The number of hydrogen-bond donors (Lipinski definition) is 1. The Morgan fingerprint density at radius 1 is 1.10 bits per heavy atom. The lowest BCUT2D eigenvalue weighted by Gasteiger charge is -2.34. The van der Waals surface area contributed by atoms with E-state index in [9.17, 15) is 14.0 Å². The highest BCUT2D eigenvalue weighted by atomic mass is 19.1. The van der Waals surface area contributed by atoms with Gasteiger partial charge in [0, 0.05) is 43.9 Å². The van der Waals surface area contributed by atoms with E-state index in [0.29, 0.717) is 43.9 Å². The minimum absolute atomic E-state index is 0.0729. The number of carbonyl (C=O) groups is 2. The van der Waals surface area contributed by atoms with Crippen LogP contribution in [0.25, 0.3) is 0 Å². The molecule has 154 valence electrons. The molecular weight excluding hydrogens is 373 g/mol. The van der Waals surface area contributed by atoms with Gasteiger partial charge in [-0.2, -0.15) is 0 Å². The Morgan fingerprint density at radius 2 is 1.83 bits per heavy atom. The van der Waals surface area contributed by atoms with E-state index in [1.165, 1.54) is 6.07 Å². The number of methoxy groups -OCH3 is 1. The monoisotopic (exact) mass is 399 g/mol. The maximum absolute atomic E-state index is 13.7. The van der Waals surface area contributed by atoms with Crippen molar-refractivity contribution in [2.45, 2.75) is 13.5 Å². The van der Waals surface area contributed by atoms with Crippen molar-refractivity contribution in [3.8, 4) is 5.75 Å². The molecule has 2 aromatic carbocycles. The van der Waals surface area contributed by atoms with Gasteiger partial charge < -0.3 is 15.0 Å². The van der Waals surface area contributed by atoms with Gasteiger partial charge in [-0.3, -0.25) is 14.5 Å². The summed E-state index contributed by atoms with van der Waals surface area (Å²) in [6, 6.07) is 12.1. The number of halogens is 1. The molecule has 0 aromatic heterocycles. The quantitative estimate of drug-likeness (QED) is 0.809. The standard InChI is InChI=1S/C22H26FN3O3/c1-16-7-8-17(13-19(16)23)22(28)26-11-9-25(10-12-26)15-21(27)24-14-18-5-3-4-6-20(18)29-2/h3-8,13H,9-12,14-15H2,1-2H3,(H,24,27). The SMILES string of the molecule is COc1ccccc1CNC(=O)CN1CCN(C(=O)c2ccc(C)c(F)c2)CC1. The number of hydrogen-bond acceptors (Lipinski definition) is 4. The Labute approximate surface area is 170 Å². The van der Waals surface area contributed by atoms with Gasteiger partial charge in [-0.25, -0.2) is 4.39 Å². The lowest BCUT2D eigenvalue weighted by Crippen LogP contribution is -2.51. The van der Waals surface area contributed by atoms with E-state index in [1.807, 2.05) is 29.2 Å². The molecule has 0 aliphatic carbocycles. The van der Waals surface area contributed by atoms with Crippen molar-refractivity contribution in [3.63, 3.8) is 0 Å². The summed E-state index contributed by atoms with van der Waals surface area (Å²) in [6.45, 7) is 4.56. The first kappa shape index (κ1) is 20.8. The number of para-hydroxylation sites is 1. The van der Waals surface area contributed by atoms with E-state index >= 15 is 0 Å². The molecule has 3 rings (SSSR count). The molecule has 1 fully saturated rings. The number of carbonyl (C=O) groups excluding carboxylic acids is 2. The van der Waals surface area contributed by atoms with Crippen LogP contribution in [0.1, 0.15) is 21.5 Å². The number of aryl methyl sites for hydroxylation is 1. The predicted octanol–water partition coefficient (Wildman–Crippen LogP) is 2.22. The van der Waals surface area contributed by atoms with Crippen molar-refractivity contribution in [1.82, 2.24) is 15.1 Å². The summed E-state index contributed by atoms with van der Waals surface area (Å²) in [5.74, 6) is 0.120. The molecule has 2 amide bonds. The Balaban J connectivity index is 1.46. The summed E-state index contributed by atoms with van der Waals surface area (Å²) >= 11 is 0. The number of nitrogens with zero attached hydrogens (tertiary/aromatic N) is 2. The van der Waals surface area contributed by atoms with E-state index in [2.05, 4.69) is 5.32 Å². The van der Waals surface area contributed by atoms with Crippen LogP contribution in [0.15, 0.2) is 42.5 Å². The van der Waals surface area contributed by atoms with Gasteiger partial charge in [0.25, 0.3) is 5.91 Å². The summed E-state index contributed by atoms with van der Waals surface area (Å²) < 4.78 is 19.0. The van der Waals surface area contributed by atoms with Crippen LogP contribution in [0.3, 0.4) is 0 Å². The van der Waals surface area contributed by atoms with Crippen LogP contribution in [0, 0.1) is 12.7 Å². The first-order chi connectivity index (χ1) is 14.0. The second-order valence-electron chi connectivity index (χ2n) is 7.12. The highest BCUT2D eigenvalue weighted by Crippen LogP contribution is 2.17. The second-order valence-corrected chi connectivity index (χ2v) is 7.12. The molecular formula is C22H26FN3O3. The first-order valence-corrected chi connectivity index (χ1v) is 9.64. The molecule has 0 radical (unpaired) electrons. The fraction of sp³-hybridized carbons (Fsp3) is 0.364. The minimum atomic E-state index is -0.374. The molecule has 1 heterocycles. The van der Waals surface area contributed by atoms with E-state index in [4.69, 9.17) is 4.74 Å². The zero-order chi connectivity index (χ0) is 20.8. The average molecular weight is 399 g/mol. The average Bonchev–Trinajstić information content (AvgIpc) is 2.74. The highest BCUT2D eigenvalue weighted by Gasteiger charge is 2.23. The van der Waals surface area contributed by atoms with E-state index in [0.717, 1.165) is 11.3 Å². The molecule has 29 heavy (non-hydrogen) atoms. The van der Waals surface area contributed by atoms with Gasteiger partial charge in [-0.05, 0) is 30.7 Å². The number of rotatable bonds is 6. The lowest BCUT2D eigenvalue weighted by atomic mass is 10.1. The third-order valence-corrected chi connectivity index (χ3v) is 5.11. The number of piperazine rings is 1. The highest BCUT2D eigenvalue weighted by molar-refractivity contribution is 5.94. The molecule has 1 aliphatic rings. The number of ether oxygens (including phenoxy) is 1. The van der Waals surface area contributed by atoms with Crippen LogP contribution >= 0.6 is 0 Å². The Hall–Kier alpha value is -2.93. The van der Waals surface area contributed by atoms with Crippen molar-refractivity contribution >= 4 is 11.8 Å². The fourth-order valence-corrected chi connectivity index (χ4v) is 3.32. The summed E-state index contributed by atoms with van der Waals surface area (Å²) in [7, 11) is 1.60. The van der Waals surface area contributed by atoms with Gasteiger partial charge in [0.1, 0.15) is 11.6 Å². The van der Waals surface area contributed by atoms with Crippen molar-refractivity contribution in [3.05, 3.63) is 65.0 Å². The van der Waals surface area contributed by atoms with Gasteiger partial charge in [-0.1, -0.05) is 24.3 Å². The maximum atomic E-state index is 13.7. The first-order valence-electron chi connectivity index (χ1n) is 9.64. The van der Waals surface area contributed by atoms with Gasteiger partial charge in [-0.15, -0.1) is 0 Å². The summed E-state index contributed by atoms with van der Waals surface area (Å²) in [4.78, 5) is 28.5. The van der Waals surface area contributed by atoms with Gasteiger partial charge in [0.15, 0.2) is 0 Å². The molecule has 2 aromatic rings. The van der Waals surface area contributed by atoms with Gasteiger partial charge in [0.05, 0.1) is 13.7 Å². The van der Waals surface area contributed by atoms with E-state index < -0.39 is 0 Å². The van der Waals surface area contributed by atoms with Crippen LogP contribution in [0.5, 0.6) is 5.75 Å². The van der Waals surface area contributed by atoms with E-state index in [-0.39, 0.29) is 24.2 Å². The normalized spacial score (nSPS) is 14.5. The second kappa shape index (κ2) is 9.52. The van der Waals surface area contributed by atoms with Crippen LogP contribution < -0.4 is 10.1 Å². The molecule has 0 atom stereocenters. The molecule has 0 unspecified atom stereocenters. The maximum Gasteiger partial charge on any atom is 0.254 e. The Morgan fingerprint density at radius 3 is 2.52 bits per heavy atom. The number of benzene rings is 2. The summed E-state index contributed by atoms with van der Waals surface area (Å²) in [6.07, 6.45) is 0. The third kappa shape index (κ3) is 5.32. The van der Waals surface area contributed by atoms with Gasteiger partial charge in [0.2, 0.25) is 5.91 Å².